The third-order valence-corrected chi connectivity index (χ3v) is 4.37. The lowest BCUT2D eigenvalue weighted by Gasteiger charge is -2.35. The number of amides is 2. The molecule has 0 fully saturated rings. The number of hydrogen-bond acceptors (Lipinski definition) is 3. The van der Waals surface area contributed by atoms with Crippen molar-refractivity contribution in [2.75, 3.05) is 0 Å². The van der Waals surface area contributed by atoms with Crippen LogP contribution in [0.5, 0.6) is 0 Å². The highest BCUT2D eigenvalue weighted by molar-refractivity contribution is 6.12. The SMILES string of the molecule is CC(c1ccccc1)N1C(=O)c2ccccc2C(CC(=O)O)C1=O. The van der Waals surface area contributed by atoms with Crippen molar-refractivity contribution < 1.29 is 19.5 Å². The molecule has 3 rings (SSSR count). The molecule has 5 heteroatoms. The molecule has 2 aromatic carbocycles. The fraction of sp³-hybridized carbons (Fsp3) is 0.211. The number of rotatable bonds is 4. The highest BCUT2D eigenvalue weighted by Gasteiger charge is 2.41. The van der Waals surface area contributed by atoms with Crippen LogP contribution in [0.25, 0.3) is 0 Å². The Balaban J connectivity index is 2.07. The lowest BCUT2D eigenvalue weighted by Crippen LogP contribution is -2.46. The van der Waals surface area contributed by atoms with E-state index in [1.807, 2.05) is 30.3 Å². The second kappa shape index (κ2) is 6.28. The molecule has 1 N–H and O–H groups in total. The highest BCUT2D eigenvalue weighted by Crippen LogP contribution is 2.36. The van der Waals surface area contributed by atoms with Gasteiger partial charge in [0.15, 0.2) is 0 Å². The Labute approximate surface area is 139 Å². The van der Waals surface area contributed by atoms with E-state index in [1.165, 1.54) is 4.90 Å². The van der Waals surface area contributed by atoms with Crippen LogP contribution < -0.4 is 0 Å². The van der Waals surface area contributed by atoms with Crippen molar-refractivity contribution in [3.63, 3.8) is 0 Å². The van der Waals surface area contributed by atoms with Crippen LogP contribution in [0.2, 0.25) is 0 Å². The Hall–Kier alpha value is -2.95. The molecule has 1 aliphatic rings. The third kappa shape index (κ3) is 2.69. The molecule has 24 heavy (non-hydrogen) atoms. The summed E-state index contributed by atoms with van der Waals surface area (Å²) in [5.41, 5.74) is 1.71. The normalized spacial score (nSPS) is 18.2. The van der Waals surface area contributed by atoms with Crippen molar-refractivity contribution in [2.45, 2.75) is 25.3 Å². The molecule has 0 bridgehead atoms. The molecule has 1 heterocycles. The summed E-state index contributed by atoms with van der Waals surface area (Å²) < 4.78 is 0. The average Bonchev–Trinajstić information content (AvgIpc) is 2.59. The van der Waals surface area contributed by atoms with E-state index in [0.29, 0.717) is 11.1 Å². The second-order valence-electron chi connectivity index (χ2n) is 5.84. The minimum atomic E-state index is -1.06. The van der Waals surface area contributed by atoms with Gasteiger partial charge in [0.25, 0.3) is 5.91 Å². The number of aliphatic carboxylic acids is 1. The van der Waals surface area contributed by atoms with Gasteiger partial charge < -0.3 is 5.11 Å². The lowest BCUT2D eigenvalue weighted by molar-refractivity contribution is -0.142. The first kappa shape index (κ1) is 15.9. The zero-order valence-corrected chi connectivity index (χ0v) is 13.2. The largest absolute Gasteiger partial charge is 0.481 e. The minimum absolute atomic E-state index is 0.332. The zero-order chi connectivity index (χ0) is 17.3. The standard InChI is InChI=1S/C19H17NO4/c1-12(13-7-3-2-4-8-13)20-18(23)15-10-6-5-9-14(15)16(19(20)24)11-17(21)22/h2-10,12,16H,11H2,1H3,(H,21,22). The first-order chi connectivity index (χ1) is 11.5. The number of carboxylic acids is 1. The summed E-state index contributed by atoms with van der Waals surface area (Å²) in [5.74, 6) is -2.75. The van der Waals surface area contributed by atoms with Crippen molar-refractivity contribution in [1.29, 1.82) is 0 Å². The monoisotopic (exact) mass is 323 g/mol. The number of hydrogen-bond donors (Lipinski definition) is 1. The quantitative estimate of drug-likeness (QED) is 0.878. The highest BCUT2D eigenvalue weighted by atomic mass is 16.4. The van der Waals surface area contributed by atoms with Crippen LogP contribution in [-0.4, -0.2) is 27.8 Å². The van der Waals surface area contributed by atoms with E-state index in [9.17, 15) is 14.4 Å². The number of fused-ring (bicyclic) bond motifs is 1. The number of nitrogens with zero attached hydrogens (tertiary/aromatic N) is 1. The molecule has 0 aromatic heterocycles. The van der Waals surface area contributed by atoms with Crippen LogP contribution in [0.3, 0.4) is 0 Å². The van der Waals surface area contributed by atoms with Crippen LogP contribution in [0.15, 0.2) is 54.6 Å². The molecule has 2 aromatic rings. The van der Waals surface area contributed by atoms with E-state index in [-0.39, 0.29) is 12.3 Å². The molecule has 2 atom stereocenters. The minimum Gasteiger partial charge on any atom is -0.481 e. The summed E-state index contributed by atoms with van der Waals surface area (Å²) in [6.07, 6.45) is -0.332. The first-order valence-electron chi connectivity index (χ1n) is 7.73. The van der Waals surface area contributed by atoms with Gasteiger partial charge in [0.05, 0.1) is 18.4 Å². The van der Waals surface area contributed by atoms with Crippen molar-refractivity contribution >= 4 is 17.8 Å². The lowest BCUT2D eigenvalue weighted by atomic mass is 9.85. The molecule has 5 nitrogen and oxygen atoms in total. The van der Waals surface area contributed by atoms with Crippen LogP contribution in [0.4, 0.5) is 0 Å². The summed E-state index contributed by atoms with van der Waals surface area (Å²) in [5, 5.41) is 9.16. The molecule has 0 spiro atoms. The number of benzene rings is 2. The van der Waals surface area contributed by atoms with Crippen LogP contribution in [-0.2, 0) is 9.59 Å². The van der Waals surface area contributed by atoms with Crippen molar-refractivity contribution in [3.05, 3.63) is 71.3 Å². The van der Waals surface area contributed by atoms with Crippen LogP contribution in [0, 0.1) is 0 Å². The average molecular weight is 323 g/mol. The zero-order valence-electron chi connectivity index (χ0n) is 13.2. The predicted octanol–water partition coefficient (Wildman–Crippen LogP) is 2.99. The summed E-state index contributed by atoms with van der Waals surface area (Å²) in [4.78, 5) is 38.1. The smallest absolute Gasteiger partial charge is 0.304 e. The number of carbonyl (C=O) groups excluding carboxylic acids is 2. The first-order valence-corrected chi connectivity index (χ1v) is 7.73. The Bertz CT molecular complexity index is 800. The number of imide groups is 1. The van der Waals surface area contributed by atoms with Gasteiger partial charge in [-0.3, -0.25) is 19.3 Å². The molecule has 0 saturated carbocycles. The van der Waals surface area contributed by atoms with Crippen molar-refractivity contribution in [3.8, 4) is 0 Å². The maximum Gasteiger partial charge on any atom is 0.304 e. The van der Waals surface area contributed by atoms with Crippen molar-refractivity contribution in [1.82, 2.24) is 4.90 Å². The number of carbonyl (C=O) groups is 3. The summed E-state index contributed by atoms with van der Waals surface area (Å²) in [7, 11) is 0. The van der Waals surface area contributed by atoms with Gasteiger partial charge >= 0.3 is 5.97 Å². The number of carboxylic acid groups (broad SMARTS) is 1. The maximum absolute atomic E-state index is 12.9. The molecule has 0 saturated heterocycles. The fourth-order valence-corrected chi connectivity index (χ4v) is 3.15. The Morgan fingerprint density at radius 3 is 2.38 bits per heavy atom. The molecule has 2 unspecified atom stereocenters. The fourth-order valence-electron chi connectivity index (χ4n) is 3.15. The molecular weight excluding hydrogens is 306 g/mol. The van der Waals surface area contributed by atoms with Gasteiger partial charge in [-0.05, 0) is 24.1 Å². The topological polar surface area (TPSA) is 74.7 Å². The van der Waals surface area contributed by atoms with Gasteiger partial charge in [-0.25, -0.2) is 0 Å². The van der Waals surface area contributed by atoms with Crippen LogP contribution >= 0.6 is 0 Å². The Kier molecular flexibility index (Phi) is 4.16. The third-order valence-electron chi connectivity index (χ3n) is 4.37. The van der Waals surface area contributed by atoms with Gasteiger partial charge in [0.2, 0.25) is 5.91 Å². The van der Waals surface area contributed by atoms with Gasteiger partial charge in [-0.15, -0.1) is 0 Å². The van der Waals surface area contributed by atoms with E-state index in [1.54, 1.807) is 31.2 Å². The maximum atomic E-state index is 12.9. The Morgan fingerprint density at radius 1 is 1.08 bits per heavy atom. The Morgan fingerprint density at radius 2 is 1.71 bits per heavy atom. The summed E-state index contributed by atoms with van der Waals surface area (Å²) in [6.45, 7) is 1.77. The molecule has 0 aliphatic carbocycles. The van der Waals surface area contributed by atoms with E-state index < -0.39 is 23.8 Å². The van der Waals surface area contributed by atoms with E-state index in [4.69, 9.17) is 5.11 Å². The summed E-state index contributed by atoms with van der Waals surface area (Å²) in [6, 6.07) is 15.5. The second-order valence-corrected chi connectivity index (χ2v) is 5.84. The predicted molar refractivity (Wildman–Crippen MR) is 87.5 cm³/mol. The van der Waals surface area contributed by atoms with E-state index in [0.717, 1.165) is 5.56 Å². The van der Waals surface area contributed by atoms with Crippen LogP contribution in [0.1, 0.15) is 46.8 Å². The van der Waals surface area contributed by atoms with E-state index in [2.05, 4.69) is 0 Å². The van der Waals surface area contributed by atoms with Gasteiger partial charge in [0, 0.05) is 5.56 Å². The molecule has 122 valence electrons. The van der Waals surface area contributed by atoms with Crippen molar-refractivity contribution in [2.24, 2.45) is 0 Å². The van der Waals surface area contributed by atoms with Gasteiger partial charge in [-0.2, -0.15) is 0 Å². The van der Waals surface area contributed by atoms with E-state index >= 15 is 0 Å². The molecular formula is C19H17NO4. The molecule has 0 radical (unpaired) electrons. The van der Waals surface area contributed by atoms with Gasteiger partial charge in [-0.1, -0.05) is 48.5 Å². The molecule has 1 aliphatic heterocycles. The van der Waals surface area contributed by atoms with Gasteiger partial charge in [0.1, 0.15) is 0 Å². The summed E-state index contributed by atoms with van der Waals surface area (Å²) >= 11 is 0. The molecule has 2 amide bonds.